The van der Waals surface area contributed by atoms with E-state index >= 15 is 0 Å². The number of nitrogens with zero attached hydrogens (tertiary/aromatic N) is 4. The average Bonchev–Trinajstić information content (AvgIpc) is 2.91. The molecule has 3 rings (SSSR count). The largest absolute Gasteiger partial charge is 0.360 e. The summed E-state index contributed by atoms with van der Waals surface area (Å²) in [5, 5.41) is 7.99. The summed E-state index contributed by atoms with van der Waals surface area (Å²) in [5.74, 6) is 0.540. The Balaban J connectivity index is 1.70. The topological polar surface area (TPSA) is 98.3 Å². The van der Waals surface area contributed by atoms with Crippen molar-refractivity contribution >= 4 is 10.0 Å². The van der Waals surface area contributed by atoms with Gasteiger partial charge in [-0.05, 0) is 45.6 Å². The first-order valence-electron chi connectivity index (χ1n) is 8.27. The molecule has 1 fully saturated rings. The van der Waals surface area contributed by atoms with E-state index in [9.17, 15) is 13.2 Å². The average molecular weight is 366 g/mol. The van der Waals surface area contributed by atoms with E-state index in [1.165, 1.54) is 15.1 Å². The van der Waals surface area contributed by atoms with Crippen molar-refractivity contribution in [1.29, 1.82) is 0 Å². The summed E-state index contributed by atoms with van der Waals surface area (Å²) in [6.45, 7) is 6.42. The number of sulfonamides is 1. The number of hydrogen-bond donors (Lipinski definition) is 0. The van der Waals surface area contributed by atoms with Crippen molar-refractivity contribution < 1.29 is 12.9 Å². The van der Waals surface area contributed by atoms with E-state index < -0.39 is 10.0 Å². The number of rotatable bonds is 4. The number of aromatic nitrogens is 3. The van der Waals surface area contributed by atoms with Gasteiger partial charge in [0.2, 0.25) is 10.0 Å². The van der Waals surface area contributed by atoms with Gasteiger partial charge in [-0.3, -0.25) is 4.79 Å². The van der Waals surface area contributed by atoms with Crippen LogP contribution in [0.1, 0.15) is 30.0 Å². The van der Waals surface area contributed by atoms with Crippen LogP contribution in [-0.4, -0.2) is 40.7 Å². The molecule has 0 unspecified atom stereocenters. The lowest BCUT2D eigenvalue weighted by Gasteiger charge is -2.31. The van der Waals surface area contributed by atoms with E-state index in [2.05, 4.69) is 10.3 Å². The lowest BCUT2D eigenvalue weighted by atomic mass is 9.98. The van der Waals surface area contributed by atoms with E-state index in [0.29, 0.717) is 43.9 Å². The fourth-order valence-electron chi connectivity index (χ4n) is 3.23. The van der Waals surface area contributed by atoms with Gasteiger partial charge in [-0.2, -0.15) is 9.40 Å². The van der Waals surface area contributed by atoms with Crippen LogP contribution in [0, 0.1) is 26.7 Å². The number of aryl methyl sites for hydroxylation is 3. The Kier molecular flexibility index (Phi) is 4.79. The van der Waals surface area contributed by atoms with Crippen molar-refractivity contribution in [2.24, 2.45) is 5.92 Å². The van der Waals surface area contributed by atoms with Crippen LogP contribution in [0.4, 0.5) is 0 Å². The third-order valence-electron chi connectivity index (χ3n) is 4.57. The zero-order valence-corrected chi connectivity index (χ0v) is 15.4. The molecule has 0 atom stereocenters. The molecule has 0 spiro atoms. The first kappa shape index (κ1) is 17.8. The molecule has 0 aromatic carbocycles. The van der Waals surface area contributed by atoms with Crippen LogP contribution in [0.2, 0.25) is 0 Å². The van der Waals surface area contributed by atoms with Crippen molar-refractivity contribution in [3.63, 3.8) is 0 Å². The Bertz CT molecular complexity index is 904. The highest BCUT2D eigenvalue weighted by Gasteiger charge is 2.33. The van der Waals surface area contributed by atoms with Crippen molar-refractivity contribution in [2.45, 2.75) is 45.1 Å². The van der Waals surface area contributed by atoms with Crippen molar-refractivity contribution in [3.05, 3.63) is 39.6 Å². The standard InChI is InChI=1S/C16H22N4O4S/c1-11-4-5-15(21)20(17-11)10-14-6-8-19(9-7-14)25(22,23)16-12(2)18-24-13(16)3/h4-5,14H,6-10H2,1-3H3. The van der Waals surface area contributed by atoms with Crippen LogP contribution in [0.25, 0.3) is 0 Å². The summed E-state index contributed by atoms with van der Waals surface area (Å²) in [6.07, 6.45) is 1.37. The highest BCUT2D eigenvalue weighted by Crippen LogP contribution is 2.27. The first-order valence-corrected chi connectivity index (χ1v) is 9.71. The molecule has 0 aliphatic carbocycles. The molecule has 0 radical (unpaired) electrons. The van der Waals surface area contributed by atoms with E-state index in [1.807, 2.05) is 6.92 Å². The summed E-state index contributed by atoms with van der Waals surface area (Å²) in [4.78, 5) is 12.0. The molecule has 3 heterocycles. The van der Waals surface area contributed by atoms with Crippen LogP contribution in [0.5, 0.6) is 0 Å². The van der Waals surface area contributed by atoms with Crippen LogP contribution >= 0.6 is 0 Å². The molecular weight excluding hydrogens is 344 g/mol. The third-order valence-corrected chi connectivity index (χ3v) is 6.71. The predicted octanol–water partition coefficient (Wildman–Crippen LogP) is 1.26. The van der Waals surface area contributed by atoms with E-state index in [1.54, 1.807) is 19.9 Å². The van der Waals surface area contributed by atoms with E-state index in [0.717, 1.165) is 5.69 Å². The first-order chi connectivity index (χ1) is 11.8. The molecule has 0 saturated carbocycles. The Morgan fingerprint density at radius 2 is 1.88 bits per heavy atom. The van der Waals surface area contributed by atoms with E-state index in [-0.39, 0.29) is 16.4 Å². The second-order valence-electron chi connectivity index (χ2n) is 6.50. The van der Waals surface area contributed by atoms with Gasteiger partial charge in [-0.15, -0.1) is 0 Å². The molecule has 25 heavy (non-hydrogen) atoms. The summed E-state index contributed by atoms with van der Waals surface area (Å²) in [5.41, 5.74) is 1.05. The molecule has 0 bridgehead atoms. The molecule has 0 amide bonds. The Labute approximate surface area is 146 Å². The van der Waals surface area contributed by atoms with Crippen molar-refractivity contribution in [1.82, 2.24) is 19.2 Å². The zero-order chi connectivity index (χ0) is 18.2. The van der Waals surface area contributed by atoms with Gasteiger partial charge in [-0.25, -0.2) is 13.1 Å². The lowest BCUT2D eigenvalue weighted by Crippen LogP contribution is -2.40. The van der Waals surface area contributed by atoms with Crippen LogP contribution in [0.3, 0.4) is 0 Å². The zero-order valence-electron chi connectivity index (χ0n) is 14.6. The monoisotopic (exact) mass is 366 g/mol. The minimum atomic E-state index is -3.60. The lowest BCUT2D eigenvalue weighted by molar-refractivity contribution is 0.244. The van der Waals surface area contributed by atoms with E-state index in [4.69, 9.17) is 4.52 Å². The fraction of sp³-hybridized carbons (Fsp3) is 0.562. The minimum Gasteiger partial charge on any atom is -0.360 e. The molecule has 1 aliphatic heterocycles. The van der Waals surface area contributed by atoms with Gasteiger partial charge in [0.05, 0.1) is 5.69 Å². The van der Waals surface area contributed by atoms with Crippen LogP contribution in [-0.2, 0) is 16.6 Å². The van der Waals surface area contributed by atoms with Crippen molar-refractivity contribution in [2.75, 3.05) is 13.1 Å². The van der Waals surface area contributed by atoms with Crippen LogP contribution in [0.15, 0.2) is 26.3 Å². The van der Waals surface area contributed by atoms with Gasteiger partial charge in [0.1, 0.15) is 10.6 Å². The number of piperidine rings is 1. The molecule has 2 aromatic heterocycles. The van der Waals surface area contributed by atoms with Gasteiger partial charge >= 0.3 is 0 Å². The normalized spacial score (nSPS) is 17.1. The van der Waals surface area contributed by atoms with Gasteiger partial charge in [0, 0.05) is 25.7 Å². The molecule has 1 saturated heterocycles. The maximum absolute atomic E-state index is 12.8. The molecule has 0 N–H and O–H groups in total. The highest BCUT2D eigenvalue weighted by atomic mass is 32.2. The molecule has 2 aromatic rings. The van der Waals surface area contributed by atoms with Crippen LogP contribution < -0.4 is 5.56 Å². The summed E-state index contributed by atoms with van der Waals surface area (Å²) >= 11 is 0. The summed E-state index contributed by atoms with van der Waals surface area (Å²) in [7, 11) is -3.60. The summed E-state index contributed by atoms with van der Waals surface area (Å²) in [6, 6.07) is 3.21. The van der Waals surface area contributed by atoms with Gasteiger partial charge in [0.25, 0.3) is 5.56 Å². The Hall–Kier alpha value is -2.00. The maximum atomic E-state index is 12.8. The number of hydrogen-bond acceptors (Lipinski definition) is 6. The fourth-order valence-corrected chi connectivity index (χ4v) is 4.99. The second kappa shape index (κ2) is 6.72. The third kappa shape index (κ3) is 3.52. The second-order valence-corrected chi connectivity index (χ2v) is 8.37. The molecule has 136 valence electrons. The van der Waals surface area contributed by atoms with Gasteiger partial charge in [0.15, 0.2) is 5.76 Å². The Morgan fingerprint density at radius 3 is 2.48 bits per heavy atom. The molecular formula is C16H22N4O4S. The highest BCUT2D eigenvalue weighted by molar-refractivity contribution is 7.89. The minimum absolute atomic E-state index is 0.128. The van der Waals surface area contributed by atoms with Gasteiger partial charge < -0.3 is 4.52 Å². The molecule has 9 heteroatoms. The maximum Gasteiger partial charge on any atom is 0.266 e. The molecule has 8 nitrogen and oxygen atoms in total. The summed E-state index contributed by atoms with van der Waals surface area (Å²) < 4.78 is 33.6. The SMILES string of the molecule is Cc1ccc(=O)n(CC2CCN(S(=O)(=O)c3c(C)noc3C)CC2)n1. The predicted molar refractivity (Wildman–Crippen MR) is 90.7 cm³/mol. The quantitative estimate of drug-likeness (QED) is 0.808. The van der Waals surface area contributed by atoms with Crippen molar-refractivity contribution in [3.8, 4) is 0 Å². The van der Waals surface area contributed by atoms with Gasteiger partial charge in [-0.1, -0.05) is 5.16 Å². The Morgan fingerprint density at radius 1 is 1.20 bits per heavy atom. The molecule has 1 aliphatic rings. The smallest absolute Gasteiger partial charge is 0.266 e.